The van der Waals surface area contributed by atoms with Gasteiger partial charge in [-0.15, -0.1) is 0 Å². The third-order valence-corrected chi connectivity index (χ3v) is 5.91. The first kappa shape index (κ1) is 24.4. The number of nitrogens with zero attached hydrogens (tertiary/aromatic N) is 5. The van der Waals surface area contributed by atoms with Gasteiger partial charge in [0.1, 0.15) is 23.1 Å². The van der Waals surface area contributed by atoms with Gasteiger partial charge in [-0.05, 0) is 19.1 Å². The van der Waals surface area contributed by atoms with Crippen LogP contribution in [0.1, 0.15) is 12.5 Å². The smallest absolute Gasteiger partial charge is 0.183 e. The second-order valence-corrected chi connectivity index (χ2v) is 8.32. The van der Waals surface area contributed by atoms with Gasteiger partial charge in [-0.25, -0.2) is 18.7 Å². The van der Waals surface area contributed by atoms with Gasteiger partial charge in [-0.3, -0.25) is 9.67 Å². The lowest BCUT2D eigenvalue weighted by Gasteiger charge is -2.11. The molecular weight excluding hydrogens is 502 g/mol. The highest BCUT2D eigenvalue weighted by molar-refractivity contribution is 6.33. The Hall–Kier alpha value is -4.31. The Morgan fingerprint density at radius 2 is 1.86 bits per heavy atom. The fraction of sp³-hybridized carbons (Fsp3) is 0.154. The predicted molar refractivity (Wildman–Crippen MR) is 136 cm³/mol. The maximum absolute atomic E-state index is 14.8. The molecule has 0 aliphatic carbocycles. The summed E-state index contributed by atoms with van der Waals surface area (Å²) in [6.07, 6.45) is 4.61. The molecule has 3 heterocycles. The second kappa shape index (κ2) is 10.4. The molecule has 0 saturated heterocycles. The van der Waals surface area contributed by atoms with Crippen molar-refractivity contribution in [3.63, 3.8) is 0 Å². The van der Waals surface area contributed by atoms with Crippen molar-refractivity contribution in [2.75, 3.05) is 19.0 Å². The summed E-state index contributed by atoms with van der Waals surface area (Å²) in [6.45, 7) is 1.91. The van der Waals surface area contributed by atoms with Crippen molar-refractivity contribution in [3.05, 3.63) is 83.3 Å². The van der Waals surface area contributed by atoms with Crippen LogP contribution in [-0.2, 0) is 6.54 Å². The highest BCUT2D eigenvalue weighted by Gasteiger charge is 2.20. The van der Waals surface area contributed by atoms with Crippen LogP contribution in [0.25, 0.3) is 22.4 Å². The van der Waals surface area contributed by atoms with Gasteiger partial charge >= 0.3 is 0 Å². The van der Waals surface area contributed by atoms with E-state index in [1.807, 2.05) is 24.3 Å². The van der Waals surface area contributed by atoms with Gasteiger partial charge in [0.25, 0.3) is 0 Å². The summed E-state index contributed by atoms with van der Waals surface area (Å²) in [5.41, 5.74) is 1.55. The monoisotopic (exact) mass is 522 g/mol. The number of para-hydroxylation sites is 1. The number of fused-ring (bicyclic) bond motifs is 1. The van der Waals surface area contributed by atoms with E-state index in [1.54, 1.807) is 19.2 Å². The first-order valence-electron chi connectivity index (χ1n) is 11.3. The van der Waals surface area contributed by atoms with Crippen molar-refractivity contribution in [3.8, 4) is 23.0 Å². The van der Waals surface area contributed by atoms with Crippen LogP contribution in [0.3, 0.4) is 0 Å². The van der Waals surface area contributed by atoms with Gasteiger partial charge < -0.3 is 14.8 Å². The van der Waals surface area contributed by atoms with Gasteiger partial charge in [0.05, 0.1) is 42.7 Å². The number of ether oxygens (including phenoxy) is 2. The minimum atomic E-state index is -0.717. The molecule has 0 bridgehead atoms. The van der Waals surface area contributed by atoms with E-state index >= 15 is 0 Å². The summed E-state index contributed by atoms with van der Waals surface area (Å²) in [5, 5.41) is 8.89. The highest BCUT2D eigenvalue weighted by Crippen LogP contribution is 2.33. The number of rotatable bonds is 8. The normalized spacial score (nSPS) is 11.1. The standard InChI is InChI=1S/C26H21ClF2N6O2/c1-3-37-15-10-19(28)17(20(29)11-15)14-35-22-7-5-4-6-16(22)24(34-35)26-31-13-23(36-2)25(33-26)32-21-8-9-30-12-18(21)27/h4-13H,3,14H2,1-2H3,(H,30,31,32,33). The molecule has 37 heavy (non-hydrogen) atoms. The average molecular weight is 523 g/mol. The number of methoxy groups -OCH3 is 1. The minimum absolute atomic E-state index is 0.131. The molecule has 0 aliphatic rings. The molecular formula is C26H21ClF2N6O2. The van der Waals surface area contributed by atoms with Crippen molar-refractivity contribution in [2.24, 2.45) is 0 Å². The molecule has 0 saturated carbocycles. The Labute approximate surface area is 215 Å². The largest absolute Gasteiger partial charge is 0.494 e. The molecule has 188 valence electrons. The fourth-order valence-corrected chi connectivity index (χ4v) is 4.04. The van der Waals surface area contributed by atoms with Gasteiger partial charge in [0.15, 0.2) is 17.4 Å². The minimum Gasteiger partial charge on any atom is -0.494 e. The number of nitrogens with one attached hydrogen (secondary N) is 1. The van der Waals surface area contributed by atoms with Crippen molar-refractivity contribution in [1.29, 1.82) is 0 Å². The summed E-state index contributed by atoms with van der Waals surface area (Å²) in [5.74, 6) is -0.261. The Bertz CT molecular complexity index is 1570. The van der Waals surface area contributed by atoms with Crippen LogP contribution >= 0.6 is 11.6 Å². The molecule has 0 unspecified atom stereocenters. The van der Waals surface area contributed by atoms with Crippen LogP contribution in [-0.4, -0.2) is 38.4 Å². The molecule has 0 atom stereocenters. The SMILES string of the molecule is CCOc1cc(F)c(Cn2nc(-c3ncc(OC)c(Nc4ccncc4Cl)n3)c3ccccc32)c(F)c1. The third-order valence-electron chi connectivity index (χ3n) is 5.60. The van der Waals surface area contributed by atoms with Gasteiger partial charge in [0, 0.05) is 35.5 Å². The van der Waals surface area contributed by atoms with Gasteiger partial charge in [-0.2, -0.15) is 5.10 Å². The molecule has 1 N–H and O–H groups in total. The lowest BCUT2D eigenvalue weighted by atomic mass is 10.1. The summed E-state index contributed by atoms with van der Waals surface area (Å²) in [7, 11) is 1.50. The van der Waals surface area contributed by atoms with E-state index in [0.717, 1.165) is 0 Å². The first-order valence-corrected chi connectivity index (χ1v) is 11.7. The van der Waals surface area contributed by atoms with E-state index in [-0.39, 0.29) is 23.7 Å². The highest BCUT2D eigenvalue weighted by atomic mass is 35.5. The van der Waals surface area contributed by atoms with Crippen LogP contribution in [0.15, 0.2) is 61.1 Å². The van der Waals surface area contributed by atoms with E-state index in [1.165, 1.54) is 36.3 Å². The fourth-order valence-electron chi connectivity index (χ4n) is 3.87. The summed E-state index contributed by atoms with van der Waals surface area (Å²) in [6, 6.07) is 11.4. The van der Waals surface area contributed by atoms with Crippen molar-refractivity contribution >= 4 is 34.0 Å². The Morgan fingerprint density at radius 1 is 1.08 bits per heavy atom. The topological polar surface area (TPSA) is 87.0 Å². The van der Waals surface area contributed by atoms with E-state index in [2.05, 4.69) is 25.4 Å². The molecule has 2 aromatic carbocycles. The van der Waals surface area contributed by atoms with Crippen molar-refractivity contribution < 1.29 is 18.3 Å². The Kier molecular flexibility index (Phi) is 6.82. The maximum atomic E-state index is 14.8. The zero-order chi connectivity index (χ0) is 25.9. The molecule has 5 rings (SSSR count). The third kappa shape index (κ3) is 4.88. The Balaban J connectivity index is 1.57. The summed E-state index contributed by atoms with van der Waals surface area (Å²) >= 11 is 6.24. The van der Waals surface area contributed by atoms with Crippen LogP contribution in [0.5, 0.6) is 11.5 Å². The lowest BCUT2D eigenvalue weighted by Crippen LogP contribution is -2.07. The molecule has 0 spiro atoms. The van der Waals surface area contributed by atoms with Crippen molar-refractivity contribution in [2.45, 2.75) is 13.5 Å². The maximum Gasteiger partial charge on any atom is 0.183 e. The molecule has 3 aromatic heterocycles. The summed E-state index contributed by atoms with van der Waals surface area (Å²) in [4.78, 5) is 13.0. The number of aromatic nitrogens is 5. The molecule has 11 heteroatoms. The Morgan fingerprint density at radius 3 is 2.59 bits per heavy atom. The van der Waals surface area contributed by atoms with E-state index in [9.17, 15) is 8.78 Å². The zero-order valence-electron chi connectivity index (χ0n) is 19.9. The number of hydrogen-bond donors (Lipinski definition) is 1. The first-order chi connectivity index (χ1) is 18.0. The van der Waals surface area contributed by atoms with Crippen molar-refractivity contribution in [1.82, 2.24) is 24.7 Å². The number of anilines is 2. The van der Waals surface area contributed by atoms with E-state index in [4.69, 9.17) is 21.1 Å². The second-order valence-electron chi connectivity index (χ2n) is 7.91. The number of hydrogen-bond acceptors (Lipinski definition) is 7. The molecule has 0 radical (unpaired) electrons. The molecule has 0 aliphatic heterocycles. The van der Waals surface area contributed by atoms with E-state index in [0.29, 0.717) is 45.5 Å². The van der Waals surface area contributed by atoms with Gasteiger partial charge in [-0.1, -0.05) is 29.8 Å². The predicted octanol–water partition coefficient (Wildman–Crippen LogP) is 6.02. The van der Waals surface area contributed by atoms with Crippen LogP contribution in [0, 0.1) is 11.6 Å². The van der Waals surface area contributed by atoms with E-state index < -0.39 is 11.6 Å². The van der Waals surface area contributed by atoms with Gasteiger partial charge in [0.2, 0.25) is 0 Å². The number of pyridine rings is 1. The molecule has 0 amide bonds. The average Bonchev–Trinajstić information content (AvgIpc) is 3.26. The molecule has 5 aromatic rings. The lowest BCUT2D eigenvalue weighted by molar-refractivity contribution is 0.335. The zero-order valence-corrected chi connectivity index (χ0v) is 20.6. The number of halogens is 3. The number of benzene rings is 2. The van der Waals surface area contributed by atoms with Crippen LogP contribution in [0.4, 0.5) is 20.3 Å². The van der Waals surface area contributed by atoms with Crippen LogP contribution < -0.4 is 14.8 Å². The molecule has 0 fully saturated rings. The molecule has 8 nitrogen and oxygen atoms in total. The summed E-state index contributed by atoms with van der Waals surface area (Å²) < 4.78 is 41.8. The van der Waals surface area contributed by atoms with Crippen LogP contribution in [0.2, 0.25) is 5.02 Å². The quantitative estimate of drug-likeness (QED) is 0.266.